The number of aromatic nitrogens is 2. The molecule has 4 bridgehead atoms. The molecule has 0 aliphatic heterocycles. The van der Waals surface area contributed by atoms with Crippen LogP contribution in [0, 0.1) is 23.7 Å². The van der Waals surface area contributed by atoms with Crippen LogP contribution in [0.5, 0.6) is 0 Å². The SMILES string of the molecule is Nc1n[nH]c(C2C3CC4CC(C3)CC2C4)c1-c1cccs1. The van der Waals surface area contributed by atoms with Crippen molar-refractivity contribution in [1.29, 1.82) is 0 Å². The summed E-state index contributed by atoms with van der Waals surface area (Å²) in [4.78, 5) is 1.27. The number of thiophene rings is 1. The molecular formula is C17H21N3S. The molecule has 0 amide bonds. The molecule has 2 aromatic heterocycles. The minimum Gasteiger partial charge on any atom is -0.382 e. The molecule has 0 atom stereocenters. The fraction of sp³-hybridized carbons (Fsp3) is 0.588. The summed E-state index contributed by atoms with van der Waals surface area (Å²) in [6, 6.07) is 4.28. The van der Waals surface area contributed by atoms with Crippen molar-refractivity contribution in [3.05, 3.63) is 23.2 Å². The minimum absolute atomic E-state index is 0.666. The highest BCUT2D eigenvalue weighted by atomic mass is 32.1. The maximum absolute atomic E-state index is 6.19. The Bertz CT molecular complexity index is 630. The first kappa shape index (κ1) is 12.3. The maximum Gasteiger partial charge on any atom is 0.154 e. The molecule has 6 rings (SSSR count). The maximum atomic E-state index is 6.19. The zero-order chi connectivity index (χ0) is 14.0. The zero-order valence-electron chi connectivity index (χ0n) is 12.1. The molecule has 4 aliphatic carbocycles. The second-order valence-corrected chi connectivity index (χ2v) is 8.28. The number of rotatable bonds is 2. The van der Waals surface area contributed by atoms with Crippen molar-refractivity contribution in [1.82, 2.24) is 10.2 Å². The van der Waals surface area contributed by atoms with Gasteiger partial charge in [-0.15, -0.1) is 11.3 Å². The molecule has 2 heterocycles. The van der Waals surface area contributed by atoms with Crippen molar-refractivity contribution in [3.8, 4) is 10.4 Å². The standard InChI is InChI=1S/C17H21N3S/c18-17-15(13-2-1-3-21-13)16(19-20-17)14-11-5-9-4-10(7-11)8-12(14)6-9/h1-3,9-12,14H,4-8H2,(H3,18,19,20). The van der Waals surface area contributed by atoms with Gasteiger partial charge in [0.1, 0.15) is 0 Å². The largest absolute Gasteiger partial charge is 0.382 e. The van der Waals surface area contributed by atoms with Crippen LogP contribution in [0.4, 0.5) is 5.82 Å². The molecule has 2 aromatic rings. The number of hydrogen-bond donors (Lipinski definition) is 2. The number of hydrogen-bond acceptors (Lipinski definition) is 3. The lowest BCUT2D eigenvalue weighted by molar-refractivity contribution is -0.00398. The monoisotopic (exact) mass is 299 g/mol. The smallest absolute Gasteiger partial charge is 0.154 e. The predicted molar refractivity (Wildman–Crippen MR) is 86.1 cm³/mol. The van der Waals surface area contributed by atoms with E-state index < -0.39 is 0 Å². The van der Waals surface area contributed by atoms with Crippen molar-refractivity contribution < 1.29 is 0 Å². The molecule has 110 valence electrons. The Morgan fingerprint density at radius 3 is 2.43 bits per heavy atom. The van der Waals surface area contributed by atoms with Crippen LogP contribution >= 0.6 is 11.3 Å². The van der Waals surface area contributed by atoms with Gasteiger partial charge in [-0.3, -0.25) is 5.10 Å². The highest BCUT2D eigenvalue weighted by Gasteiger charge is 2.49. The van der Waals surface area contributed by atoms with Gasteiger partial charge >= 0.3 is 0 Å². The number of H-pyrrole nitrogens is 1. The highest BCUT2D eigenvalue weighted by Crippen LogP contribution is 2.60. The fourth-order valence-electron chi connectivity index (χ4n) is 5.69. The lowest BCUT2D eigenvalue weighted by Gasteiger charge is -2.54. The Balaban J connectivity index is 1.59. The van der Waals surface area contributed by atoms with Gasteiger partial charge in [-0.2, -0.15) is 5.10 Å². The van der Waals surface area contributed by atoms with Gasteiger partial charge in [0, 0.05) is 16.5 Å². The van der Waals surface area contributed by atoms with Gasteiger partial charge in [0.05, 0.1) is 5.56 Å². The molecule has 0 aromatic carbocycles. The van der Waals surface area contributed by atoms with Crippen molar-refractivity contribution in [2.24, 2.45) is 23.7 Å². The molecule has 4 aliphatic rings. The molecule has 3 N–H and O–H groups in total. The van der Waals surface area contributed by atoms with Gasteiger partial charge in [0.2, 0.25) is 0 Å². The summed E-state index contributed by atoms with van der Waals surface area (Å²) in [5.41, 5.74) is 8.72. The molecule has 4 fully saturated rings. The van der Waals surface area contributed by atoms with E-state index in [0.29, 0.717) is 11.7 Å². The topological polar surface area (TPSA) is 54.7 Å². The lowest BCUT2D eigenvalue weighted by atomic mass is 9.51. The van der Waals surface area contributed by atoms with Gasteiger partial charge in [0.25, 0.3) is 0 Å². The van der Waals surface area contributed by atoms with E-state index in [1.54, 1.807) is 11.3 Å². The van der Waals surface area contributed by atoms with Crippen LogP contribution in [-0.4, -0.2) is 10.2 Å². The first-order chi connectivity index (χ1) is 10.3. The zero-order valence-corrected chi connectivity index (χ0v) is 12.9. The average Bonchev–Trinajstić information content (AvgIpc) is 3.07. The Morgan fingerprint density at radius 1 is 1.10 bits per heavy atom. The molecule has 4 heteroatoms. The number of nitrogens with one attached hydrogen (secondary N) is 1. The average molecular weight is 299 g/mol. The van der Waals surface area contributed by atoms with E-state index >= 15 is 0 Å². The van der Waals surface area contributed by atoms with Gasteiger partial charge in [-0.05, 0) is 67.2 Å². The number of anilines is 1. The summed E-state index contributed by atoms with van der Waals surface area (Å²) in [5.74, 6) is 5.09. The summed E-state index contributed by atoms with van der Waals surface area (Å²) in [6.45, 7) is 0. The van der Waals surface area contributed by atoms with E-state index in [-0.39, 0.29) is 0 Å². The minimum atomic E-state index is 0.666. The Morgan fingerprint density at radius 2 is 1.81 bits per heavy atom. The van der Waals surface area contributed by atoms with E-state index in [0.717, 1.165) is 23.7 Å². The second-order valence-electron chi connectivity index (χ2n) is 7.33. The van der Waals surface area contributed by atoms with Gasteiger partial charge < -0.3 is 5.73 Å². The summed E-state index contributed by atoms with van der Waals surface area (Å²) >= 11 is 1.77. The number of nitrogen functional groups attached to an aromatic ring is 1. The third-order valence-electron chi connectivity index (χ3n) is 6.15. The predicted octanol–water partition coefficient (Wildman–Crippen LogP) is 4.26. The van der Waals surface area contributed by atoms with Gasteiger partial charge in [0.15, 0.2) is 5.82 Å². The Hall–Kier alpha value is -1.29. The van der Waals surface area contributed by atoms with Crippen molar-refractivity contribution >= 4 is 17.2 Å². The van der Waals surface area contributed by atoms with Gasteiger partial charge in [-0.1, -0.05) is 6.07 Å². The molecule has 0 saturated heterocycles. The molecule has 21 heavy (non-hydrogen) atoms. The highest BCUT2D eigenvalue weighted by molar-refractivity contribution is 7.13. The van der Waals surface area contributed by atoms with Crippen LogP contribution in [0.15, 0.2) is 17.5 Å². The van der Waals surface area contributed by atoms with E-state index in [9.17, 15) is 0 Å². The number of aromatic amines is 1. The number of nitrogens with two attached hydrogens (primary N) is 1. The summed E-state index contributed by atoms with van der Waals surface area (Å²) in [7, 11) is 0. The Kier molecular flexibility index (Phi) is 2.55. The molecule has 0 spiro atoms. The summed E-state index contributed by atoms with van der Waals surface area (Å²) in [5, 5.41) is 9.81. The van der Waals surface area contributed by atoms with E-state index in [1.807, 2.05) is 0 Å². The molecule has 3 nitrogen and oxygen atoms in total. The van der Waals surface area contributed by atoms with Crippen molar-refractivity contribution in [3.63, 3.8) is 0 Å². The Labute approximate surface area is 128 Å². The van der Waals surface area contributed by atoms with E-state index in [4.69, 9.17) is 5.73 Å². The second kappa shape index (κ2) is 4.35. The lowest BCUT2D eigenvalue weighted by Crippen LogP contribution is -2.44. The van der Waals surface area contributed by atoms with Crippen LogP contribution in [0.25, 0.3) is 10.4 Å². The third-order valence-corrected chi connectivity index (χ3v) is 7.04. The van der Waals surface area contributed by atoms with Crippen LogP contribution < -0.4 is 5.73 Å². The van der Waals surface area contributed by atoms with Crippen molar-refractivity contribution in [2.75, 3.05) is 5.73 Å². The first-order valence-electron chi connectivity index (χ1n) is 8.17. The van der Waals surface area contributed by atoms with Crippen molar-refractivity contribution in [2.45, 2.75) is 38.0 Å². The normalized spacial score (nSPS) is 37.2. The molecule has 0 unspecified atom stereocenters. The summed E-state index contributed by atoms with van der Waals surface area (Å²) in [6.07, 6.45) is 7.23. The molecular weight excluding hydrogens is 278 g/mol. The van der Waals surface area contributed by atoms with Crippen LogP contribution in [0.1, 0.15) is 43.7 Å². The van der Waals surface area contributed by atoms with Crippen LogP contribution in [0.3, 0.4) is 0 Å². The quantitative estimate of drug-likeness (QED) is 0.870. The van der Waals surface area contributed by atoms with Gasteiger partial charge in [-0.25, -0.2) is 0 Å². The van der Waals surface area contributed by atoms with Crippen LogP contribution in [-0.2, 0) is 0 Å². The summed E-state index contributed by atoms with van der Waals surface area (Å²) < 4.78 is 0. The first-order valence-corrected chi connectivity index (χ1v) is 9.05. The number of nitrogens with zero attached hydrogens (tertiary/aromatic N) is 1. The van der Waals surface area contributed by atoms with E-state index in [2.05, 4.69) is 27.7 Å². The molecule has 0 radical (unpaired) electrons. The fourth-order valence-corrected chi connectivity index (χ4v) is 6.48. The third kappa shape index (κ3) is 1.75. The van der Waals surface area contributed by atoms with Crippen LogP contribution in [0.2, 0.25) is 0 Å². The van der Waals surface area contributed by atoms with E-state index in [1.165, 1.54) is 48.2 Å². The molecule has 4 saturated carbocycles.